The lowest BCUT2D eigenvalue weighted by Crippen LogP contribution is -1.90. The first kappa shape index (κ1) is 7.86. The minimum absolute atomic E-state index is 0.578. The van der Waals surface area contributed by atoms with Gasteiger partial charge in [0.2, 0.25) is 0 Å². The fraction of sp³-hybridized carbons (Fsp3) is 0.100. The average Bonchev–Trinajstić information content (AvgIpc) is 2.63. The van der Waals surface area contributed by atoms with E-state index in [1.54, 1.807) is 13.2 Å². The highest BCUT2D eigenvalue weighted by molar-refractivity contribution is 5.94. The Morgan fingerprint density at radius 2 is 2.23 bits per heavy atom. The van der Waals surface area contributed by atoms with Gasteiger partial charge in [0.25, 0.3) is 0 Å². The van der Waals surface area contributed by atoms with Crippen LogP contribution in [0.1, 0.15) is 10.4 Å². The van der Waals surface area contributed by atoms with Gasteiger partial charge in [0.05, 0.1) is 12.7 Å². The lowest BCUT2D eigenvalue weighted by atomic mass is 10.1. The number of nitrogens with one attached hydrogen (secondary N) is 1. The third kappa shape index (κ3) is 1.09. The lowest BCUT2D eigenvalue weighted by Gasteiger charge is -2.03. The second kappa shape index (κ2) is 2.94. The van der Waals surface area contributed by atoms with Gasteiger partial charge in [-0.25, -0.2) is 0 Å². The van der Waals surface area contributed by atoms with Crippen LogP contribution < -0.4 is 4.74 Å². The normalized spacial score (nSPS) is 10.2. The number of methoxy groups -OCH3 is 1. The van der Waals surface area contributed by atoms with Crippen molar-refractivity contribution >= 4 is 17.2 Å². The first-order chi connectivity index (χ1) is 6.36. The Bertz CT molecular complexity index is 445. The second-order valence-corrected chi connectivity index (χ2v) is 2.74. The molecule has 0 aliphatic carbocycles. The molecule has 66 valence electrons. The third-order valence-electron chi connectivity index (χ3n) is 2.05. The number of H-pyrrole nitrogens is 1. The number of rotatable bonds is 2. The summed E-state index contributed by atoms with van der Waals surface area (Å²) >= 11 is 0. The monoisotopic (exact) mass is 175 g/mol. The molecule has 3 nitrogen and oxygen atoms in total. The molecule has 0 saturated heterocycles. The predicted octanol–water partition coefficient (Wildman–Crippen LogP) is 1.99. The number of aldehydes is 1. The van der Waals surface area contributed by atoms with Gasteiger partial charge in [-0.15, -0.1) is 0 Å². The van der Waals surface area contributed by atoms with E-state index in [9.17, 15) is 4.79 Å². The average molecular weight is 175 g/mol. The van der Waals surface area contributed by atoms with E-state index in [1.807, 2.05) is 18.3 Å². The number of carbonyl (C=O) groups is 1. The number of fused-ring (bicyclic) bond motifs is 1. The van der Waals surface area contributed by atoms with E-state index in [0.717, 1.165) is 17.2 Å². The maximum absolute atomic E-state index is 10.7. The number of aromatic amines is 1. The molecule has 2 rings (SSSR count). The Balaban J connectivity index is 2.81. The van der Waals surface area contributed by atoms with Crippen LogP contribution in [0.5, 0.6) is 5.75 Å². The number of carbonyl (C=O) groups excluding carboxylic acids is 1. The fourth-order valence-corrected chi connectivity index (χ4v) is 1.44. The van der Waals surface area contributed by atoms with Gasteiger partial charge in [-0.2, -0.15) is 0 Å². The van der Waals surface area contributed by atoms with Crippen LogP contribution in [0.15, 0.2) is 24.4 Å². The second-order valence-electron chi connectivity index (χ2n) is 2.74. The highest BCUT2D eigenvalue weighted by Gasteiger charge is 2.07. The molecule has 0 atom stereocenters. The summed E-state index contributed by atoms with van der Waals surface area (Å²) in [7, 11) is 1.56. The van der Waals surface area contributed by atoms with Gasteiger partial charge in [-0.3, -0.25) is 4.79 Å². The molecule has 0 amide bonds. The smallest absolute Gasteiger partial charge is 0.153 e. The van der Waals surface area contributed by atoms with Crippen molar-refractivity contribution in [2.75, 3.05) is 7.11 Å². The Morgan fingerprint density at radius 1 is 1.38 bits per heavy atom. The molecule has 13 heavy (non-hydrogen) atoms. The molecular formula is C10H9NO2. The van der Waals surface area contributed by atoms with Gasteiger partial charge in [0.1, 0.15) is 5.75 Å². The quantitative estimate of drug-likeness (QED) is 0.709. The van der Waals surface area contributed by atoms with Crippen molar-refractivity contribution in [2.24, 2.45) is 0 Å². The molecule has 1 aromatic heterocycles. The van der Waals surface area contributed by atoms with E-state index in [4.69, 9.17) is 4.74 Å². The van der Waals surface area contributed by atoms with Crippen LogP contribution in [0.4, 0.5) is 0 Å². The molecule has 0 aliphatic rings. The maximum Gasteiger partial charge on any atom is 0.153 e. The largest absolute Gasteiger partial charge is 0.495 e. The SMILES string of the molecule is COc1c(C=O)ccc2[nH]ccc12. The zero-order valence-corrected chi connectivity index (χ0v) is 7.20. The number of hydrogen-bond donors (Lipinski definition) is 1. The summed E-state index contributed by atoms with van der Waals surface area (Å²) in [5, 5.41) is 0.937. The van der Waals surface area contributed by atoms with Crippen molar-refractivity contribution in [2.45, 2.75) is 0 Å². The summed E-state index contributed by atoms with van der Waals surface area (Å²) in [4.78, 5) is 13.7. The first-order valence-electron chi connectivity index (χ1n) is 3.96. The highest BCUT2D eigenvalue weighted by atomic mass is 16.5. The standard InChI is InChI=1S/C10H9NO2/c1-13-10-7(6-12)2-3-9-8(10)4-5-11-9/h2-6,11H,1H3. The summed E-state index contributed by atoms with van der Waals surface area (Å²) in [6.07, 6.45) is 2.62. The highest BCUT2D eigenvalue weighted by Crippen LogP contribution is 2.27. The van der Waals surface area contributed by atoms with Crippen LogP contribution in [0.25, 0.3) is 10.9 Å². The van der Waals surface area contributed by atoms with Crippen molar-refractivity contribution in [3.8, 4) is 5.75 Å². The van der Waals surface area contributed by atoms with Gasteiger partial charge in [0.15, 0.2) is 6.29 Å². The number of ether oxygens (including phenoxy) is 1. The molecule has 0 aliphatic heterocycles. The van der Waals surface area contributed by atoms with E-state index in [2.05, 4.69) is 4.98 Å². The summed E-state index contributed by atoms with van der Waals surface area (Å²) in [6.45, 7) is 0. The van der Waals surface area contributed by atoms with Gasteiger partial charge in [-0.05, 0) is 18.2 Å². The van der Waals surface area contributed by atoms with Gasteiger partial charge in [-0.1, -0.05) is 0 Å². The molecule has 0 fully saturated rings. The van der Waals surface area contributed by atoms with Crippen LogP contribution in [0.3, 0.4) is 0 Å². The molecule has 3 heteroatoms. The van der Waals surface area contributed by atoms with Crippen LogP contribution in [0, 0.1) is 0 Å². The Labute approximate surface area is 75.3 Å². The molecule has 0 bridgehead atoms. The Kier molecular flexibility index (Phi) is 1.77. The van der Waals surface area contributed by atoms with Crippen LogP contribution in [0.2, 0.25) is 0 Å². The maximum atomic E-state index is 10.7. The van der Waals surface area contributed by atoms with E-state index in [-0.39, 0.29) is 0 Å². The molecular weight excluding hydrogens is 166 g/mol. The first-order valence-corrected chi connectivity index (χ1v) is 3.96. The summed E-state index contributed by atoms with van der Waals surface area (Å²) in [5.74, 6) is 0.633. The fourth-order valence-electron chi connectivity index (χ4n) is 1.44. The summed E-state index contributed by atoms with van der Waals surface area (Å²) in [6, 6.07) is 5.49. The van der Waals surface area contributed by atoms with Crippen molar-refractivity contribution in [1.29, 1.82) is 0 Å². The zero-order chi connectivity index (χ0) is 9.26. The molecule has 1 aromatic carbocycles. The van der Waals surface area contributed by atoms with Crippen LogP contribution in [-0.2, 0) is 0 Å². The number of aromatic nitrogens is 1. The Morgan fingerprint density at radius 3 is 2.92 bits per heavy atom. The van der Waals surface area contributed by atoms with E-state index >= 15 is 0 Å². The van der Waals surface area contributed by atoms with Gasteiger partial charge in [0, 0.05) is 17.1 Å². The molecule has 0 spiro atoms. The Hall–Kier alpha value is -1.77. The van der Waals surface area contributed by atoms with Crippen LogP contribution in [-0.4, -0.2) is 18.4 Å². The van der Waals surface area contributed by atoms with E-state index in [1.165, 1.54) is 0 Å². The van der Waals surface area contributed by atoms with E-state index < -0.39 is 0 Å². The predicted molar refractivity (Wildman–Crippen MR) is 50.2 cm³/mol. The van der Waals surface area contributed by atoms with Crippen LogP contribution >= 0.6 is 0 Å². The summed E-state index contributed by atoms with van der Waals surface area (Å²) in [5.41, 5.74) is 1.55. The van der Waals surface area contributed by atoms with Crippen molar-refractivity contribution in [3.63, 3.8) is 0 Å². The minimum atomic E-state index is 0.578. The lowest BCUT2D eigenvalue weighted by molar-refractivity contribution is 0.112. The van der Waals surface area contributed by atoms with Crippen molar-refractivity contribution in [3.05, 3.63) is 30.0 Å². The van der Waals surface area contributed by atoms with E-state index in [0.29, 0.717) is 11.3 Å². The minimum Gasteiger partial charge on any atom is -0.495 e. The molecule has 0 saturated carbocycles. The molecule has 2 aromatic rings. The molecule has 0 radical (unpaired) electrons. The van der Waals surface area contributed by atoms with Gasteiger partial charge < -0.3 is 9.72 Å². The molecule has 0 unspecified atom stereocenters. The zero-order valence-electron chi connectivity index (χ0n) is 7.20. The third-order valence-corrected chi connectivity index (χ3v) is 2.05. The number of hydrogen-bond acceptors (Lipinski definition) is 2. The summed E-state index contributed by atoms with van der Waals surface area (Å²) < 4.78 is 5.16. The number of benzene rings is 1. The van der Waals surface area contributed by atoms with Gasteiger partial charge >= 0.3 is 0 Å². The molecule has 1 N–H and O–H groups in total. The molecule has 1 heterocycles. The van der Waals surface area contributed by atoms with Crippen molar-refractivity contribution < 1.29 is 9.53 Å². The topological polar surface area (TPSA) is 42.1 Å². The van der Waals surface area contributed by atoms with Crippen molar-refractivity contribution in [1.82, 2.24) is 4.98 Å².